The number of aliphatic hydroxyl groups is 1. The van der Waals surface area contributed by atoms with Crippen molar-refractivity contribution in [2.45, 2.75) is 52.6 Å². The normalized spacial score (nSPS) is 12.7. The van der Waals surface area contributed by atoms with Gasteiger partial charge in [-0.15, -0.1) is 0 Å². The molecule has 114 valence electrons. The summed E-state index contributed by atoms with van der Waals surface area (Å²) in [6.45, 7) is 6.60. The minimum absolute atomic E-state index is 0.0121. The number of hydrogen-bond donors (Lipinski definition) is 2. The second-order valence-electron chi connectivity index (χ2n) is 5.33. The molecule has 1 rings (SSSR count). The number of aliphatic hydroxyl groups excluding tert-OH is 1. The summed E-state index contributed by atoms with van der Waals surface area (Å²) in [5, 5.41) is 13.7. The molecule has 6 heteroatoms. The van der Waals surface area contributed by atoms with Crippen molar-refractivity contribution >= 4 is 17.2 Å². The van der Waals surface area contributed by atoms with Crippen molar-refractivity contribution in [1.82, 2.24) is 9.88 Å². The number of carbonyl (C=O) groups is 1. The third-order valence-corrected chi connectivity index (χ3v) is 4.23. The van der Waals surface area contributed by atoms with Gasteiger partial charge in [0, 0.05) is 36.7 Å². The van der Waals surface area contributed by atoms with E-state index in [9.17, 15) is 9.59 Å². The molecular weight excluding hydrogens is 276 g/mol. The van der Waals surface area contributed by atoms with Gasteiger partial charge in [-0.2, -0.15) is 0 Å². The van der Waals surface area contributed by atoms with Gasteiger partial charge in [0.25, 0.3) is 0 Å². The maximum Gasteiger partial charge on any atom is 0.307 e. The van der Waals surface area contributed by atoms with E-state index in [1.54, 1.807) is 4.57 Å². The largest absolute Gasteiger partial charge is 0.396 e. The molecule has 0 fully saturated rings. The van der Waals surface area contributed by atoms with Crippen LogP contribution in [-0.2, 0) is 11.3 Å². The van der Waals surface area contributed by atoms with Crippen molar-refractivity contribution in [3.63, 3.8) is 0 Å². The van der Waals surface area contributed by atoms with Gasteiger partial charge in [0.1, 0.15) is 0 Å². The van der Waals surface area contributed by atoms with Gasteiger partial charge >= 0.3 is 4.87 Å². The Labute approximate surface area is 123 Å². The third kappa shape index (κ3) is 5.09. The van der Waals surface area contributed by atoms with E-state index in [2.05, 4.69) is 5.32 Å². The van der Waals surface area contributed by atoms with E-state index in [-0.39, 0.29) is 23.4 Å². The third-order valence-electron chi connectivity index (χ3n) is 3.35. The minimum Gasteiger partial charge on any atom is -0.396 e. The Morgan fingerprint density at radius 2 is 2.20 bits per heavy atom. The standard InChI is InChI=1S/C14H24N2O3S/c1-10(2)12(6-8-17)15-13(18)5-4-7-16-11(3)9-20-14(16)19/h9-10,12,17H,4-8H2,1-3H3,(H,15,18). The fraction of sp³-hybridized carbons (Fsp3) is 0.714. The second kappa shape index (κ2) is 8.21. The molecule has 0 bridgehead atoms. The monoisotopic (exact) mass is 300 g/mol. The molecule has 0 aliphatic heterocycles. The lowest BCUT2D eigenvalue weighted by Gasteiger charge is -2.21. The Kier molecular flexibility index (Phi) is 6.95. The summed E-state index contributed by atoms with van der Waals surface area (Å²) in [4.78, 5) is 23.4. The highest BCUT2D eigenvalue weighted by molar-refractivity contribution is 7.07. The van der Waals surface area contributed by atoms with E-state index < -0.39 is 0 Å². The number of carbonyl (C=O) groups excluding carboxylic acids is 1. The number of aryl methyl sites for hydroxylation is 1. The van der Waals surface area contributed by atoms with Crippen molar-refractivity contribution < 1.29 is 9.90 Å². The fourth-order valence-electron chi connectivity index (χ4n) is 2.06. The Morgan fingerprint density at radius 1 is 1.50 bits per heavy atom. The predicted octanol–water partition coefficient (Wildman–Crippen LogP) is 1.52. The number of nitrogens with zero attached hydrogens (tertiary/aromatic N) is 1. The van der Waals surface area contributed by atoms with Crippen molar-refractivity contribution in [1.29, 1.82) is 0 Å². The number of thiazole rings is 1. The highest BCUT2D eigenvalue weighted by atomic mass is 32.1. The smallest absolute Gasteiger partial charge is 0.307 e. The van der Waals surface area contributed by atoms with Crippen molar-refractivity contribution in [3.8, 4) is 0 Å². The molecule has 1 aromatic rings. The number of aromatic nitrogens is 1. The topological polar surface area (TPSA) is 71.3 Å². The van der Waals surface area contributed by atoms with Gasteiger partial charge in [0.05, 0.1) is 0 Å². The van der Waals surface area contributed by atoms with Crippen LogP contribution in [0.1, 0.15) is 38.8 Å². The maximum atomic E-state index is 11.9. The van der Waals surface area contributed by atoms with Crippen molar-refractivity contribution in [2.24, 2.45) is 5.92 Å². The first-order valence-electron chi connectivity index (χ1n) is 7.00. The van der Waals surface area contributed by atoms with Crippen LogP contribution in [0.2, 0.25) is 0 Å². The first-order valence-corrected chi connectivity index (χ1v) is 7.88. The molecule has 0 saturated carbocycles. The van der Waals surface area contributed by atoms with Crippen LogP contribution in [0.3, 0.4) is 0 Å². The van der Waals surface area contributed by atoms with Crippen LogP contribution in [0.4, 0.5) is 0 Å². The Bertz CT molecular complexity index is 479. The van der Waals surface area contributed by atoms with Gasteiger partial charge in [-0.25, -0.2) is 0 Å². The van der Waals surface area contributed by atoms with E-state index in [0.29, 0.717) is 31.7 Å². The van der Waals surface area contributed by atoms with Crippen LogP contribution in [0.5, 0.6) is 0 Å². The molecule has 1 atom stereocenters. The molecule has 2 N–H and O–H groups in total. The van der Waals surface area contributed by atoms with Gasteiger partial charge in [-0.3, -0.25) is 9.59 Å². The average molecular weight is 300 g/mol. The molecule has 5 nitrogen and oxygen atoms in total. The molecule has 1 amide bonds. The molecule has 0 aliphatic rings. The van der Waals surface area contributed by atoms with Crippen LogP contribution >= 0.6 is 11.3 Å². The summed E-state index contributed by atoms with van der Waals surface area (Å²) >= 11 is 1.19. The van der Waals surface area contributed by atoms with Gasteiger partial charge in [-0.1, -0.05) is 25.2 Å². The summed E-state index contributed by atoms with van der Waals surface area (Å²) < 4.78 is 1.70. The molecule has 0 radical (unpaired) electrons. The average Bonchev–Trinajstić information content (AvgIpc) is 2.69. The van der Waals surface area contributed by atoms with Crippen LogP contribution < -0.4 is 10.2 Å². The van der Waals surface area contributed by atoms with E-state index in [1.807, 2.05) is 26.2 Å². The van der Waals surface area contributed by atoms with Gasteiger partial charge in [-0.05, 0) is 25.7 Å². The highest BCUT2D eigenvalue weighted by Gasteiger charge is 2.15. The first-order chi connectivity index (χ1) is 9.45. The summed E-state index contributed by atoms with van der Waals surface area (Å²) in [6.07, 6.45) is 1.62. The predicted molar refractivity (Wildman–Crippen MR) is 81.0 cm³/mol. The van der Waals surface area contributed by atoms with E-state index in [4.69, 9.17) is 5.11 Å². The first kappa shape index (κ1) is 16.9. The summed E-state index contributed by atoms with van der Waals surface area (Å²) in [6, 6.07) is 0.0121. The fourth-order valence-corrected chi connectivity index (χ4v) is 2.82. The molecule has 0 aromatic carbocycles. The quantitative estimate of drug-likeness (QED) is 0.764. The molecule has 1 aromatic heterocycles. The van der Waals surface area contributed by atoms with Gasteiger partial charge < -0.3 is 15.0 Å². The zero-order valence-electron chi connectivity index (χ0n) is 12.4. The Balaban J connectivity index is 2.38. The number of hydrogen-bond acceptors (Lipinski definition) is 4. The summed E-state index contributed by atoms with van der Waals surface area (Å²) in [5.41, 5.74) is 0.945. The molecule has 1 unspecified atom stereocenters. The van der Waals surface area contributed by atoms with E-state index in [0.717, 1.165) is 5.69 Å². The second-order valence-corrected chi connectivity index (χ2v) is 6.15. The molecule has 0 spiro atoms. The number of nitrogens with one attached hydrogen (secondary N) is 1. The zero-order valence-corrected chi connectivity index (χ0v) is 13.2. The summed E-state index contributed by atoms with van der Waals surface area (Å²) in [7, 11) is 0. The minimum atomic E-state index is -0.0157. The van der Waals surface area contributed by atoms with Crippen LogP contribution in [-0.4, -0.2) is 28.2 Å². The lowest BCUT2D eigenvalue weighted by molar-refractivity contribution is -0.122. The molecule has 1 heterocycles. The highest BCUT2D eigenvalue weighted by Crippen LogP contribution is 2.07. The molecule has 0 saturated heterocycles. The van der Waals surface area contributed by atoms with E-state index >= 15 is 0 Å². The Morgan fingerprint density at radius 3 is 2.70 bits per heavy atom. The zero-order chi connectivity index (χ0) is 15.1. The van der Waals surface area contributed by atoms with Crippen molar-refractivity contribution in [3.05, 3.63) is 20.7 Å². The lowest BCUT2D eigenvalue weighted by Crippen LogP contribution is -2.39. The van der Waals surface area contributed by atoms with Gasteiger partial charge in [0.2, 0.25) is 5.91 Å². The van der Waals surface area contributed by atoms with E-state index in [1.165, 1.54) is 11.3 Å². The number of amides is 1. The SMILES string of the molecule is Cc1csc(=O)n1CCCC(=O)NC(CCO)C(C)C. The van der Waals surface area contributed by atoms with Crippen molar-refractivity contribution in [2.75, 3.05) is 6.61 Å². The van der Waals surface area contributed by atoms with Crippen LogP contribution in [0.25, 0.3) is 0 Å². The number of rotatable bonds is 8. The molecule has 20 heavy (non-hydrogen) atoms. The van der Waals surface area contributed by atoms with Crippen LogP contribution in [0, 0.1) is 12.8 Å². The molecular formula is C14H24N2O3S. The van der Waals surface area contributed by atoms with Gasteiger partial charge in [0.15, 0.2) is 0 Å². The molecule has 0 aliphatic carbocycles. The lowest BCUT2D eigenvalue weighted by atomic mass is 10.0. The Hall–Kier alpha value is -1.14. The maximum absolute atomic E-state index is 11.9. The summed E-state index contributed by atoms with van der Waals surface area (Å²) in [5.74, 6) is 0.283. The van der Waals surface area contributed by atoms with Crippen LogP contribution in [0.15, 0.2) is 10.2 Å².